The highest BCUT2D eigenvalue weighted by Gasteiger charge is 2.65. The average Bonchev–Trinajstić information content (AvgIpc) is 2.68. The van der Waals surface area contributed by atoms with Crippen molar-refractivity contribution in [3.05, 3.63) is 0 Å². The van der Waals surface area contributed by atoms with Gasteiger partial charge in [-0.25, -0.2) is 0 Å². The Labute approximate surface area is 135 Å². The highest BCUT2D eigenvalue weighted by atomic mass is 16.4. The third-order valence-corrected chi connectivity index (χ3v) is 8.96. The molecule has 2 heteroatoms. The van der Waals surface area contributed by atoms with E-state index in [2.05, 4.69) is 20.8 Å². The monoisotopic (exact) mass is 304 g/mol. The van der Waals surface area contributed by atoms with Crippen LogP contribution in [0, 0.1) is 39.9 Å². The quantitative estimate of drug-likeness (QED) is 0.730. The number of fused-ring (bicyclic) bond motifs is 3. The van der Waals surface area contributed by atoms with Crippen LogP contribution in [0.3, 0.4) is 0 Å². The van der Waals surface area contributed by atoms with Crippen molar-refractivity contribution in [1.82, 2.24) is 0 Å². The molecule has 7 atom stereocenters. The van der Waals surface area contributed by atoms with Gasteiger partial charge in [0.1, 0.15) is 0 Å². The predicted molar refractivity (Wildman–Crippen MR) is 87.5 cm³/mol. The summed E-state index contributed by atoms with van der Waals surface area (Å²) in [6.45, 7) is 7.00. The molecule has 1 spiro atoms. The molecular weight excluding hydrogens is 272 g/mol. The molecule has 4 aliphatic carbocycles. The number of aliphatic carboxylic acids is 1. The lowest BCUT2D eigenvalue weighted by atomic mass is 9.41. The van der Waals surface area contributed by atoms with Gasteiger partial charge in [0, 0.05) is 0 Å². The first kappa shape index (κ1) is 15.0. The van der Waals surface area contributed by atoms with Gasteiger partial charge in [-0.2, -0.15) is 0 Å². The van der Waals surface area contributed by atoms with Gasteiger partial charge >= 0.3 is 5.97 Å². The Morgan fingerprint density at radius 1 is 1.00 bits per heavy atom. The van der Waals surface area contributed by atoms with Crippen LogP contribution in [0.2, 0.25) is 0 Å². The van der Waals surface area contributed by atoms with Gasteiger partial charge in [-0.15, -0.1) is 0 Å². The molecule has 0 aromatic carbocycles. The fraction of sp³-hybridized carbons (Fsp3) is 0.950. The Hall–Kier alpha value is -0.530. The van der Waals surface area contributed by atoms with E-state index < -0.39 is 11.4 Å². The Morgan fingerprint density at radius 2 is 1.77 bits per heavy atom. The Bertz CT molecular complexity index is 496. The zero-order valence-corrected chi connectivity index (χ0v) is 14.5. The molecule has 0 saturated heterocycles. The molecule has 22 heavy (non-hydrogen) atoms. The molecule has 2 nitrogen and oxygen atoms in total. The minimum atomic E-state index is -0.534. The zero-order valence-electron chi connectivity index (χ0n) is 14.5. The summed E-state index contributed by atoms with van der Waals surface area (Å²) in [5.74, 6) is 2.52. The van der Waals surface area contributed by atoms with E-state index in [9.17, 15) is 9.90 Å². The van der Waals surface area contributed by atoms with Crippen molar-refractivity contribution >= 4 is 5.97 Å². The van der Waals surface area contributed by atoms with E-state index in [0.717, 1.165) is 37.0 Å². The van der Waals surface area contributed by atoms with Gasteiger partial charge in [-0.1, -0.05) is 20.3 Å². The number of hydrogen-bond acceptors (Lipinski definition) is 1. The van der Waals surface area contributed by atoms with Crippen molar-refractivity contribution in [1.29, 1.82) is 0 Å². The fourth-order valence-electron chi connectivity index (χ4n) is 8.05. The SMILES string of the molecule is C[C@@H]1C[C@]23CC[C@@H]4[C@](C)(CCC[C@@]4(C)C(=O)O)[C@H]2CC[C@H]1C3. The molecule has 0 heterocycles. The van der Waals surface area contributed by atoms with Crippen molar-refractivity contribution in [2.24, 2.45) is 39.9 Å². The zero-order chi connectivity index (χ0) is 15.8. The Morgan fingerprint density at radius 3 is 2.50 bits per heavy atom. The van der Waals surface area contributed by atoms with E-state index in [1.165, 1.54) is 38.5 Å². The Kier molecular flexibility index (Phi) is 3.08. The maximum atomic E-state index is 12.0. The lowest BCUT2D eigenvalue weighted by molar-refractivity contribution is -0.181. The molecule has 4 fully saturated rings. The first-order chi connectivity index (χ1) is 10.3. The van der Waals surface area contributed by atoms with Crippen LogP contribution in [0.15, 0.2) is 0 Å². The van der Waals surface area contributed by atoms with Crippen LogP contribution in [0.5, 0.6) is 0 Å². The molecular formula is C20H32O2. The molecule has 124 valence electrons. The van der Waals surface area contributed by atoms with Crippen molar-refractivity contribution in [3.63, 3.8) is 0 Å². The normalized spacial score (nSPS) is 57.0. The molecule has 0 aliphatic heterocycles. The summed E-state index contributed by atoms with van der Waals surface area (Å²) in [4.78, 5) is 12.0. The number of carbonyl (C=O) groups is 1. The first-order valence-corrected chi connectivity index (χ1v) is 9.55. The van der Waals surface area contributed by atoms with Crippen molar-refractivity contribution in [2.75, 3.05) is 0 Å². The molecule has 4 rings (SSSR count). The lowest BCUT2D eigenvalue weighted by Gasteiger charge is -2.63. The third kappa shape index (κ3) is 1.70. The van der Waals surface area contributed by atoms with E-state index in [1.54, 1.807) is 0 Å². The van der Waals surface area contributed by atoms with Crippen LogP contribution in [-0.2, 0) is 4.79 Å². The van der Waals surface area contributed by atoms with Gasteiger partial charge in [-0.3, -0.25) is 4.79 Å². The highest BCUT2D eigenvalue weighted by molar-refractivity contribution is 5.75. The number of carboxylic acids is 1. The largest absolute Gasteiger partial charge is 0.481 e. The summed E-state index contributed by atoms with van der Waals surface area (Å²) in [5.41, 5.74) is 0.374. The minimum Gasteiger partial charge on any atom is -0.481 e. The predicted octanol–water partition coefficient (Wildman–Crippen LogP) is 5.12. The van der Waals surface area contributed by atoms with Crippen LogP contribution in [0.1, 0.15) is 78.6 Å². The van der Waals surface area contributed by atoms with Crippen molar-refractivity contribution in [2.45, 2.75) is 78.6 Å². The number of hydrogen-bond donors (Lipinski definition) is 1. The van der Waals surface area contributed by atoms with Gasteiger partial charge in [0.05, 0.1) is 5.41 Å². The van der Waals surface area contributed by atoms with Crippen LogP contribution in [0.4, 0.5) is 0 Å². The third-order valence-electron chi connectivity index (χ3n) is 8.96. The van der Waals surface area contributed by atoms with E-state index in [4.69, 9.17) is 0 Å². The summed E-state index contributed by atoms with van der Waals surface area (Å²) in [6, 6.07) is 0. The summed E-state index contributed by atoms with van der Waals surface area (Å²) in [5, 5.41) is 9.92. The second kappa shape index (κ2) is 4.51. The van der Waals surface area contributed by atoms with Gasteiger partial charge in [-0.05, 0) is 92.8 Å². The van der Waals surface area contributed by atoms with Crippen LogP contribution in [0.25, 0.3) is 0 Å². The van der Waals surface area contributed by atoms with Gasteiger partial charge < -0.3 is 5.11 Å². The molecule has 0 radical (unpaired) electrons. The minimum absolute atomic E-state index is 0.276. The molecule has 2 bridgehead atoms. The standard InChI is InChI=1S/C20H32O2/c1-13-11-20-10-7-15-18(2,16(20)6-5-14(13)12-20)8-4-9-19(15,3)17(21)22/h13-16H,4-12H2,1-3H3,(H,21,22)/t13-,14+,15-,16-,18+,19-,20+/m1/s1. The summed E-state index contributed by atoms with van der Waals surface area (Å²) in [7, 11) is 0. The molecule has 0 aromatic rings. The first-order valence-electron chi connectivity index (χ1n) is 9.55. The topological polar surface area (TPSA) is 37.3 Å². The highest BCUT2D eigenvalue weighted by Crippen LogP contribution is 2.72. The Balaban J connectivity index is 1.73. The summed E-state index contributed by atoms with van der Waals surface area (Å²) in [6.07, 6.45) is 11.4. The van der Waals surface area contributed by atoms with Crippen molar-refractivity contribution < 1.29 is 9.90 Å². The van der Waals surface area contributed by atoms with E-state index >= 15 is 0 Å². The second-order valence-corrected chi connectivity index (χ2v) is 9.81. The van der Waals surface area contributed by atoms with E-state index in [-0.39, 0.29) is 5.41 Å². The molecule has 0 unspecified atom stereocenters. The summed E-state index contributed by atoms with van der Waals surface area (Å²) >= 11 is 0. The smallest absolute Gasteiger partial charge is 0.309 e. The molecule has 4 aliphatic rings. The molecule has 1 N–H and O–H groups in total. The maximum absolute atomic E-state index is 12.0. The average molecular weight is 304 g/mol. The van der Waals surface area contributed by atoms with Gasteiger partial charge in [0.2, 0.25) is 0 Å². The van der Waals surface area contributed by atoms with Crippen LogP contribution < -0.4 is 0 Å². The molecule has 4 saturated carbocycles. The fourth-order valence-corrected chi connectivity index (χ4v) is 8.05. The molecule has 0 aromatic heterocycles. The van der Waals surface area contributed by atoms with Crippen LogP contribution >= 0.6 is 0 Å². The number of rotatable bonds is 1. The van der Waals surface area contributed by atoms with Gasteiger partial charge in [0.25, 0.3) is 0 Å². The lowest BCUT2D eigenvalue weighted by Crippen LogP contribution is -2.58. The van der Waals surface area contributed by atoms with Gasteiger partial charge in [0.15, 0.2) is 0 Å². The van der Waals surface area contributed by atoms with E-state index in [0.29, 0.717) is 11.3 Å². The number of carboxylic acid groups (broad SMARTS) is 1. The molecule has 0 amide bonds. The second-order valence-electron chi connectivity index (χ2n) is 9.81. The maximum Gasteiger partial charge on any atom is 0.309 e. The van der Waals surface area contributed by atoms with Crippen molar-refractivity contribution in [3.8, 4) is 0 Å². The van der Waals surface area contributed by atoms with E-state index in [1.807, 2.05) is 0 Å². The van der Waals surface area contributed by atoms with Crippen LogP contribution in [-0.4, -0.2) is 11.1 Å². The summed E-state index contributed by atoms with van der Waals surface area (Å²) < 4.78 is 0.